The van der Waals surface area contributed by atoms with Crippen LogP contribution in [0, 0.1) is 30.1 Å². The zero-order valence-corrected chi connectivity index (χ0v) is 21.6. The van der Waals surface area contributed by atoms with Crippen molar-refractivity contribution >= 4 is 35.8 Å². The molecule has 1 saturated heterocycles. The molecule has 1 aliphatic rings. The summed E-state index contributed by atoms with van der Waals surface area (Å²) in [6, 6.07) is 9.11. The number of nitrogens with zero attached hydrogens (tertiary/aromatic N) is 1. The van der Waals surface area contributed by atoms with Crippen LogP contribution in [-0.2, 0) is 13.8 Å². The van der Waals surface area contributed by atoms with Crippen molar-refractivity contribution < 1.29 is 23.7 Å². The third kappa shape index (κ3) is 6.28. The summed E-state index contributed by atoms with van der Waals surface area (Å²) in [5.74, 6) is 5.40. The van der Waals surface area contributed by atoms with Crippen LogP contribution >= 0.6 is 18.9 Å². The van der Waals surface area contributed by atoms with E-state index in [1.165, 1.54) is 7.11 Å². The van der Waals surface area contributed by atoms with Crippen molar-refractivity contribution in [2.75, 3.05) is 31.5 Å². The number of benzene rings is 1. The minimum absolute atomic E-state index is 0.115. The van der Waals surface area contributed by atoms with Gasteiger partial charge in [0, 0.05) is 32.3 Å². The molecule has 0 spiro atoms. The van der Waals surface area contributed by atoms with Crippen molar-refractivity contribution in [3.63, 3.8) is 0 Å². The predicted octanol–water partition coefficient (Wildman–Crippen LogP) is 5.55. The molecule has 2 heterocycles. The number of carboxylic acids is 1. The Bertz CT molecular complexity index is 1080. The maximum atomic E-state index is 14.4. The number of carboxylic acid groups (broad SMARTS) is 1. The molecule has 1 aromatic carbocycles. The first kappa shape index (κ1) is 25.5. The van der Waals surface area contributed by atoms with Crippen molar-refractivity contribution in [3.05, 3.63) is 45.6 Å². The summed E-state index contributed by atoms with van der Waals surface area (Å²) in [7, 11) is -2.17. The summed E-state index contributed by atoms with van der Waals surface area (Å²) >= 11 is 1.11. The fourth-order valence-electron chi connectivity index (χ4n) is 3.63. The van der Waals surface area contributed by atoms with Crippen LogP contribution in [0.3, 0.4) is 0 Å². The molecule has 6 nitrogen and oxygen atoms in total. The van der Waals surface area contributed by atoms with E-state index in [0.29, 0.717) is 35.6 Å². The number of thiophene rings is 1. The molecule has 178 valence electrons. The van der Waals surface area contributed by atoms with E-state index >= 15 is 0 Å². The van der Waals surface area contributed by atoms with Crippen LogP contribution < -0.4 is 9.97 Å². The summed E-state index contributed by atoms with van der Waals surface area (Å²) in [5, 5.41) is 10.5. The highest BCUT2D eigenvalue weighted by Crippen LogP contribution is 2.54. The third-order valence-corrected chi connectivity index (χ3v) is 8.93. The molecule has 3 rings (SSSR count). The highest BCUT2D eigenvalue weighted by atomic mass is 32.1. The van der Waals surface area contributed by atoms with E-state index in [4.69, 9.17) is 9.26 Å². The van der Waals surface area contributed by atoms with Gasteiger partial charge in [-0.05, 0) is 64.7 Å². The monoisotopic (exact) mass is 489 g/mol. The Balaban J connectivity index is 2.15. The third-order valence-electron chi connectivity index (χ3n) is 5.44. The number of aromatic carboxylic acids is 1. The van der Waals surface area contributed by atoms with Gasteiger partial charge in [0.2, 0.25) is 0 Å². The molecule has 0 saturated carbocycles. The van der Waals surface area contributed by atoms with Gasteiger partial charge in [0.1, 0.15) is 4.88 Å². The highest BCUT2D eigenvalue weighted by Gasteiger charge is 2.38. The van der Waals surface area contributed by atoms with E-state index in [-0.39, 0.29) is 16.2 Å². The molecule has 1 atom stereocenters. The number of hydrogen-bond donors (Lipinski definition) is 1. The smallest absolute Gasteiger partial charge is 0.348 e. The fourth-order valence-corrected chi connectivity index (χ4v) is 6.66. The largest absolute Gasteiger partial charge is 0.477 e. The van der Waals surface area contributed by atoms with Crippen molar-refractivity contribution in [1.29, 1.82) is 0 Å². The summed E-state index contributed by atoms with van der Waals surface area (Å²) in [6.07, 6.45) is 1.63. The van der Waals surface area contributed by atoms with E-state index in [2.05, 4.69) is 11.8 Å². The van der Waals surface area contributed by atoms with Crippen LogP contribution in [0.25, 0.3) is 0 Å². The van der Waals surface area contributed by atoms with Crippen molar-refractivity contribution in [2.45, 2.75) is 40.5 Å². The maximum Gasteiger partial charge on any atom is 0.348 e. The molecular formula is C25H32NO5PS. The van der Waals surface area contributed by atoms with Crippen LogP contribution in [0.2, 0.25) is 0 Å². The van der Waals surface area contributed by atoms with Crippen LogP contribution in [0.4, 0.5) is 5.69 Å². The Labute approximate surface area is 200 Å². The van der Waals surface area contributed by atoms with Gasteiger partial charge in [-0.3, -0.25) is 9.24 Å². The van der Waals surface area contributed by atoms with Crippen LogP contribution in [0.1, 0.15) is 53.7 Å². The Kier molecular flexibility index (Phi) is 8.08. The Morgan fingerprint density at radius 1 is 1.27 bits per heavy atom. The zero-order valence-electron chi connectivity index (χ0n) is 19.9. The summed E-state index contributed by atoms with van der Waals surface area (Å²) < 4.78 is 27.3. The van der Waals surface area contributed by atoms with Gasteiger partial charge in [0.15, 0.2) is 0 Å². The second kappa shape index (κ2) is 10.4. The lowest BCUT2D eigenvalue weighted by atomic mass is 9.98. The summed E-state index contributed by atoms with van der Waals surface area (Å²) in [4.78, 5) is 13.0. The standard InChI is InChI=1S/C25H32NO5PS/c1-18-6-8-20(9-7-18)32(29,30-5)26(17-19-11-14-31-15-12-19)22-16-21(10-13-25(2,3)4)33-23(22)24(27)28/h6-9,16,19H,11-12,14-15,17H2,1-5H3,(H,27,28). The van der Waals surface area contributed by atoms with Gasteiger partial charge >= 0.3 is 13.5 Å². The van der Waals surface area contributed by atoms with Crippen LogP contribution in [0.15, 0.2) is 30.3 Å². The van der Waals surface area contributed by atoms with E-state index in [0.717, 1.165) is 29.7 Å². The van der Waals surface area contributed by atoms with Gasteiger partial charge in [-0.2, -0.15) is 0 Å². The van der Waals surface area contributed by atoms with Gasteiger partial charge in [-0.15, -0.1) is 11.3 Å². The van der Waals surface area contributed by atoms with E-state index in [1.807, 2.05) is 39.8 Å². The van der Waals surface area contributed by atoms with Crippen LogP contribution in [0.5, 0.6) is 0 Å². The molecule has 1 aromatic heterocycles. The molecule has 0 bridgehead atoms. The highest BCUT2D eigenvalue weighted by molar-refractivity contribution is 7.68. The van der Waals surface area contributed by atoms with Crippen molar-refractivity contribution in [1.82, 2.24) is 0 Å². The molecule has 0 amide bonds. The number of anilines is 1. The molecule has 0 aliphatic carbocycles. The van der Waals surface area contributed by atoms with E-state index in [1.54, 1.807) is 22.9 Å². The van der Waals surface area contributed by atoms with Gasteiger partial charge < -0.3 is 14.4 Å². The second-order valence-corrected chi connectivity index (χ2v) is 12.8. The normalized spacial score (nSPS) is 16.5. The van der Waals surface area contributed by atoms with Crippen molar-refractivity contribution in [2.24, 2.45) is 11.3 Å². The van der Waals surface area contributed by atoms with Crippen LogP contribution in [-0.4, -0.2) is 37.9 Å². The van der Waals surface area contributed by atoms with Crippen molar-refractivity contribution in [3.8, 4) is 11.8 Å². The number of carbonyl (C=O) groups is 1. The molecule has 1 aliphatic heterocycles. The molecule has 33 heavy (non-hydrogen) atoms. The molecule has 2 aromatic rings. The van der Waals surface area contributed by atoms with Gasteiger partial charge in [0.25, 0.3) is 0 Å². The Hall–Kier alpha value is -2.10. The first-order valence-corrected chi connectivity index (χ1v) is 13.4. The lowest BCUT2D eigenvalue weighted by molar-refractivity contribution is 0.0683. The Morgan fingerprint density at radius 3 is 2.45 bits per heavy atom. The number of aryl methyl sites for hydroxylation is 1. The van der Waals surface area contributed by atoms with Gasteiger partial charge in [-0.1, -0.05) is 29.5 Å². The minimum atomic E-state index is -3.59. The predicted molar refractivity (Wildman–Crippen MR) is 134 cm³/mol. The first-order valence-electron chi connectivity index (χ1n) is 11.0. The molecule has 1 N–H and O–H groups in total. The first-order chi connectivity index (χ1) is 15.5. The van der Waals surface area contributed by atoms with E-state index in [9.17, 15) is 14.5 Å². The summed E-state index contributed by atoms with van der Waals surface area (Å²) in [5.41, 5.74) is 1.21. The van der Waals surface area contributed by atoms with Gasteiger partial charge in [-0.25, -0.2) is 4.79 Å². The second-order valence-electron chi connectivity index (χ2n) is 9.31. The lowest BCUT2D eigenvalue weighted by Gasteiger charge is -2.35. The fraction of sp³-hybridized carbons (Fsp3) is 0.480. The van der Waals surface area contributed by atoms with E-state index < -0.39 is 13.5 Å². The maximum absolute atomic E-state index is 14.4. The number of hydrogen-bond acceptors (Lipinski definition) is 5. The zero-order chi connectivity index (χ0) is 24.2. The van der Waals surface area contributed by atoms with Gasteiger partial charge in [0.05, 0.1) is 15.9 Å². The molecular weight excluding hydrogens is 457 g/mol. The average molecular weight is 490 g/mol. The SMILES string of the molecule is COP(=O)(c1ccc(C)cc1)N(CC1CCOCC1)c1cc(C#CC(C)(C)C)sc1C(=O)O. The quantitative estimate of drug-likeness (QED) is 0.406. The summed E-state index contributed by atoms with van der Waals surface area (Å²) in [6.45, 7) is 9.65. The molecule has 1 unspecified atom stereocenters. The lowest BCUT2D eigenvalue weighted by Crippen LogP contribution is -2.34. The number of ether oxygens (including phenoxy) is 1. The molecule has 1 fully saturated rings. The Morgan fingerprint density at radius 2 is 1.91 bits per heavy atom. The average Bonchev–Trinajstić information content (AvgIpc) is 3.21. The topological polar surface area (TPSA) is 76.1 Å². The molecule has 8 heteroatoms. The minimum Gasteiger partial charge on any atom is -0.477 e. The molecule has 0 radical (unpaired) electrons. The number of rotatable bonds is 7.